The number of hydrogen-bond acceptors (Lipinski definition) is 5. The van der Waals surface area contributed by atoms with Crippen molar-refractivity contribution in [3.05, 3.63) is 296 Å². The molecule has 390 valence electrons. The Morgan fingerprint density at radius 3 is 1.02 bits per heavy atom. The third-order valence-corrected chi connectivity index (χ3v) is 16.0. The van der Waals surface area contributed by atoms with Gasteiger partial charge in [0.15, 0.2) is 17.5 Å². The minimum atomic E-state index is 0.447. The van der Waals surface area contributed by atoms with Crippen LogP contribution in [0.5, 0.6) is 0 Å². The quantitative estimate of drug-likeness (QED) is 0.136. The molecule has 3 heterocycles. The van der Waals surface area contributed by atoms with Crippen LogP contribution >= 0.6 is 0 Å². The number of hydrogen-bond donors (Lipinski definition) is 0. The van der Waals surface area contributed by atoms with Crippen molar-refractivity contribution in [2.24, 2.45) is 0 Å². The van der Waals surface area contributed by atoms with Gasteiger partial charge in [-0.15, -0.1) is 0 Å². The van der Waals surface area contributed by atoms with Crippen LogP contribution in [0.1, 0.15) is 11.1 Å². The standard InChI is InChI=1S/C77H47N7/c78-48-50-17-16-28-62(41-50)76-80-75(55-26-14-5-15-27-55)81-77(82-76)64-36-31-61(47-74(64)84-71-39-34-58(53-22-10-3-11-23-53)44-67(71)68-45-59(35-40-72(68)84)54-24-12-4-13-25-54)60-29-30-63(49-79)73(46-60)83-69-37-32-56(51-18-6-1-7-19-51)42-65(69)66-43-57(33-38-70(66)83)52-20-8-2-9-21-52/h1-47H. The van der Waals surface area contributed by atoms with Crippen LogP contribution in [0.2, 0.25) is 0 Å². The number of nitrogens with zero attached hydrogens (tertiary/aromatic N) is 7. The van der Waals surface area contributed by atoms with Crippen LogP contribution in [0.3, 0.4) is 0 Å². The Hall–Kier alpha value is -11.8. The summed E-state index contributed by atoms with van der Waals surface area (Å²) in [7, 11) is 0. The largest absolute Gasteiger partial charge is 0.308 e. The summed E-state index contributed by atoms with van der Waals surface area (Å²) in [5.74, 6) is 1.42. The fourth-order valence-electron chi connectivity index (χ4n) is 12.0. The van der Waals surface area contributed by atoms with Crippen molar-refractivity contribution in [1.29, 1.82) is 10.5 Å². The lowest BCUT2D eigenvalue weighted by Crippen LogP contribution is -2.04. The SMILES string of the molecule is N#Cc1cccc(-c2nc(-c3ccccc3)nc(-c3ccc(-c4ccc(C#N)c(-n5c6ccc(-c7ccccc7)cc6c6cc(-c7ccccc7)ccc65)c4)cc3-n3c4ccc(-c5ccccc5)cc4c4cc(-c5ccccc5)ccc43)n2)c1. The van der Waals surface area contributed by atoms with Gasteiger partial charge in [0.05, 0.1) is 50.6 Å². The average molecular weight is 1070 g/mol. The molecule has 0 radical (unpaired) electrons. The molecular weight excluding hydrogens is 1020 g/mol. The molecule has 0 bridgehead atoms. The molecule has 84 heavy (non-hydrogen) atoms. The smallest absolute Gasteiger partial charge is 0.166 e. The average Bonchev–Trinajstić information content (AvgIpc) is 1.91. The lowest BCUT2D eigenvalue weighted by molar-refractivity contribution is 1.06. The van der Waals surface area contributed by atoms with E-state index in [9.17, 15) is 10.5 Å². The number of aromatic nitrogens is 5. The predicted molar refractivity (Wildman–Crippen MR) is 341 cm³/mol. The Morgan fingerprint density at radius 1 is 0.250 bits per heavy atom. The first kappa shape index (κ1) is 49.3. The zero-order valence-corrected chi connectivity index (χ0v) is 45.3. The molecule has 0 amide bonds. The van der Waals surface area contributed by atoms with Gasteiger partial charge in [0.25, 0.3) is 0 Å². The summed E-state index contributed by atoms with van der Waals surface area (Å²) in [4.78, 5) is 15.7. The molecule has 0 unspecified atom stereocenters. The maximum Gasteiger partial charge on any atom is 0.166 e. The Bertz CT molecular complexity index is 4940. The van der Waals surface area contributed by atoms with E-state index >= 15 is 0 Å². The van der Waals surface area contributed by atoms with Crippen molar-refractivity contribution in [2.75, 3.05) is 0 Å². The first-order valence-electron chi connectivity index (χ1n) is 27.9. The Balaban J connectivity index is 0.989. The van der Waals surface area contributed by atoms with Gasteiger partial charge < -0.3 is 9.13 Å². The highest BCUT2D eigenvalue weighted by molar-refractivity contribution is 6.13. The van der Waals surface area contributed by atoms with Gasteiger partial charge >= 0.3 is 0 Å². The molecule has 12 aromatic carbocycles. The lowest BCUT2D eigenvalue weighted by atomic mass is 9.99. The van der Waals surface area contributed by atoms with Gasteiger partial charge in [-0.3, -0.25) is 0 Å². The molecule has 0 aliphatic heterocycles. The highest BCUT2D eigenvalue weighted by atomic mass is 15.1. The van der Waals surface area contributed by atoms with Gasteiger partial charge in [0.2, 0.25) is 0 Å². The van der Waals surface area contributed by atoms with Gasteiger partial charge in [-0.2, -0.15) is 10.5 Å². The second-order valence-corrected chi connectivity index (χ2v) is 21.0. The zero-order chi connectivity index (χ0) is 56.1. The van der Waals surface area contributed by atoms with Crippen LogP contribution in [0.25, 0.3) is 145 Å². The molecule has 15 aromatic rings. The van der Waals surface area contributed by atoms with E-state index in [1.54, 1.807) is 6.07 Å². The van der Waals surface area contributed by atoms with Crippen molar-refractivity contribution in [3.63, 3.8) is 0 Å². The summed E-state index contributed by atoms with van der Waals surface area (Å²) in [6, 6.07) is 104. The number of nitriles is 2. The number of rotatable bonds is 10. The fourth-order valence-corrected chi connectivity index (χ4v) is 12.0. The summed E-state index contributed by atoms with van der Waals surface area (Å²) >= 11 is 0. The Labute approximate surface area is 485 Å². The van der Waals surface area contributed by atoms with E-state index in [-0.39, 0.29) is 0 Å². The molecule has 0 atom stereocenters. The topological polar surface area (TPSA) is 96.1 Å². The third-order valence-electron chi connectivity index (χ3n) is 16.0. The summed E-state index contributed by atoms with van der Waals surface area (Å²) in [6.07, 6.45) is 0. The van der Waals surface area contributed by atoms with Crippen molar-refractivity contribution in [1.82, 2.24) is 24.1 Å². The third kappa shape index (κ3) is 8.74. The molecule has 15 rings (SSSR count). The highest BCUT2D eigenvalue weighted by Crippen LogP contribution is 2.43. The van der Waals surface area contributed by atoms with E-state index in [1.165, 1.54) is 0 Å². The van der Waals surface area contributed by atoms with E-state index in [4.69, 9.17) is 15.0 Å². The molecule has 0 fully saturated rings. The van der Waals surface area contributed by atoms with E-state index in [0.29, 0.717) is 34.2 Å². The fraction of sp³-hybridized carbons (Fsp3) is 0. The van der Waals surface area contributed by atoms with Gasteiger partial charge in [-0.05, 0) is 141 Å². The van der Waals surface area contributed by atoms with Crippen molar-refractivity contribution in [3.8, 4) is 113 Å². The van der Waals surface area contributed by atoms with Crippen LogP contribution in [0.4, 0.5) is 0 Å². The molecule has 3 aromatic heterocycles. The molecular formula is C77H47N7. The molecule has 0 spiro atoms. The monoisotopic (exact) mass is 1070 g/mol. The van der Waals surface area contributed by atoms with E-state index in [1.807, 2.05) is 78.9 Å². The first-order chi connectivity index (χ1) is 41.5. The van der Waals surface area contributed by atoms with E-state index in [0.717, 1.165) is 122 Å². The normalized spacial score (nSPS) is 11.3. The van der Waals surface area contributed by atoms with Gasteiger partial charge in [0.1, 0.15) is 6.07 Å². The summed E-state index contributed by atoms with van der Waals surface area (Å²) in [6.45, 7) is 0. The highest BCUT2D eigenvalue weighted by Gasteiger charge is 2.23. The van der Waals surface area contributed by atoms with Gasteiger partial charge in [-0.1, -0.05) is 200 Å². The molecule has 0 aliphatic carbocycles. The van der Waals surface area contributed by atoms with Crippen molar-refractivity contribution in [2.45, 2.75) is 0 Å². The Kier molecular flexibility index (Phi) is 12.2. The van der Waals surface area contributed by atoms with Crippen molar-refractivity contribution >= 4 is 43.6 Å². The van der Waals surface area contributed by atoms with E-state index in [2.05, 4.69) is 221 Å². The summed E-state index contributed by atoms with van der Waals surface area (Å²) < 4.78 is 4.60. The van der Waals surface area contributed by atoms with Crippen LogP contribution in [0, 0.1) is 22.7 Å². The van der Waals surface area contributed by atoms with E-state index < -0.39 is 0 Å². The molecule has 7 heteroatoms. The van der Waals surface area contributed by atoms with Crippen LogP contribution in [0.15, 0.2) is 285 Å². The zero-order valence-electron chi connectivity index (χ0n) is 45.3. The minimum absolute atomic E-state index is 0.447. The second-order valence-electron chi connectivity index (χ2n) is 21.0. The van der Waals surface area contributed by atoms with Gasteiger partial charge in [0, 0.05) is 38.2 Å². The summed E-state index contributed by atoms with van der Waals surface area (Å²) in [5, 5.41) is 25.5. The maximum absolute atomic E-state index is 11.1. The minimum Gasteiger partial charge on any atom is -0.308 e. The maximum atomic E-state index is 11.1. The lowest BCUT2D eigenvalue weighted by Gasteiger charge is -2.17. The van der Waals surface area contributed by atoms with Crippen molar-refractivity contribution < 1.29 is 0 Å². The van der Waals surface area contributed by atoms with Crippen LogP contribution in [-0.4, -0.2) is 24.1 Å². The summed E-state index contributed by atoms with van der Waals surface area (Å²) in [5.41, 5.74) is 19.8. The molecule has 0 saturated carbocycles. The van der Waals surface area contributed by atoms with Gasteiger partial charge in [-0.25, -0.2) is 15.0 Å². The molecule has 0 aliphatic rings. The second kappa shape index (κ2) is 20.7. The number of benzene rings is 12. The Morgan fingerprint density at radius 2 is 0.595 bits per heavy atom. The molecule has 0 saturated heterocycles. The number of fused-ring (bicyclic) bond motifs is 6. The first-order valence-corrected chi connectivity index (χ1v) is 27.9. The molecule has 0 N–H and O–H groups in total. The predicted octanol–water partition coefficient (Wildman–Crippen LogP) is 19.1. The molecule has 7 nitrogen and oxygen atoms in total. The van der Waals surface area contributed by atoms with Crippen LogP contribution < -0.4 is 0 Å². The van der Waals surface area contributed by atoms with Crippen LogP contribution in [-0.2, 0) is 0 Å².